The van der Waals surface area contributed by atoms with E-state index in [0.717, 1.165) is 0 Å². The molecular weight excluding hydrogens is 298 g/mol. The summed E-state index contributed by atoms with van der Waals surface area (Å²) in [6.07, 6.45) is -0.522. The van der Waals surface area contributed by atoms with Crippen molar-refractivity contribution in [3.05, 3.63) is 23.8 Å². The molecule has 1 aromatic carbocycles. The van der Waals surface area contributed by atoms with Gasteiger partial charge in [-0.05, 0) is 39.8 Å². The molecule has 23 heavy (non-hydrogen) atoms. The average molecular weight is 323 g/mol. The lowest BCUT2D eigenvalue weighted by molar-refractivity contribution is 0.0526. The summed E-state index contributed by atoms with van der Waals surface area (Å²) < 4.78 is 10.5. The third kappa shape index (κ3) is 6.46. The zero-order valence-electron chi connectivity index (χ0n) is 14.1. The number of rotatable bonds is 6. The normalized spacial score (nSPS) is 10.8. The van der Waals surface area contributed by atoms with E-state index in [-0.39, 0.29) is 19.0 Å². The smallest absolute Gasteiger partial charge is 0.407 e. The molecule has 0 fully saturated rings. The molecule has 7 nitrogen and oxygen atoms in total. The van der Waals surface area contributed by atoms with Gasteiger partial charge < -0.3 is 25.8 Å². The molecule has 2 amide bonds. The molecule has 0 aliphatic rings. The number of nitrogen functional groups attached to an aromatic ring is 1. The highest BCUT2D eigenvalue weighted by atomic mass is 16.6. The molecule has 1 aromatic rings. The van der Waals surface area contributed by atoms with Gasteiger partial charge >= 0.3 is 6.09 Å². The molecule has 0 saturated carbocycles. The molecule has 0 heterocycles. The minimum absolute atomic E-state index is 0.257. The molecule has 4 N–H and O–H groups in total. The third-order valence-electron chi connectivity index (χ3n) is 2.66. The van der Waals surface area contributed by atoms with E-state index < -0.39 is 11.7 Å². The van der Waals surface area contributed by atoms with Crippen molar-refractivity contribution in [2.45, 2.75) is 33.3 Å². The van der Waals surface area contributed by atoms with Crippen LogP contribution in [0, 0.1) is 0 Å². The maximum absolute atomic E-state index is 12.2. The Labute approximate surface area is 136 Å². The van der Waals surface area contributed by atoms with Gasteiger partial charge in [0.05, 0.1) is 17.9 Å². The molecule has 0 radical (unpaired) electrons. The number of hydrogen-bond donors (Lipinski definition) is 3. The van der Waals surface area contributed by atoms with Gasteiger partial charge in [-0.25, -0.2) is 4.79 Å². The van der Waals surface area contributed by atoms with Crippen molar-refractivity contribution in [2.75, 3.05) is 25.4 Å². The van der Waals surface area contributed by atoms with Gasteiger partial charge in [-0.15, -0.1) is 0 Å². The van der Waals surface area contributed by atoms with E-state index >= 15 is 0 Å². The first kappa shape index (κ1) is 18.6. The van der Waals surface area contributed by atoms with Crippen LogP contribution in [0.15, 0.2) is 18.2 Å². The van der Waals surface area contributed by atoms with Crippen LogP contribution in [0.25, 0.3) is 0 Å². The van der Waals surface area contributed by atoms with Crippen molar-refractivity contribution in [3.63, 3.8) is 0 Å². The summed E-state index contributed by atoms with van der Waals surface area (Å²) in [6.45, 7) is 8.09. The van der Waals surface area contributed by atoms with Crippen molar-refractivity contribution in [2.24, 2.45) is 0 Å². The van der Waals surface area contributed by atoms with E-state index in [0.29, 0.717) is 23.6 Å². The van der Waals surface area contributed by atoms with Crippen LogP contribution in [0.3, 0.4) is 0 Å². The number of alkyl carbamates (subject to hydrolysis) is 1. The molecular formula is C16H25N3O4. The number of carbonyl (C=O) groups excluding carboxylic acids is 2. The molecule has 128 valence electrons. The summed E-state index contributed by atoms with van der Waals surface area (Å²) in [5.41, 5.74) is 6.04. The topological polar surface area (TPSA) is 103 Å². The number of para-hydroxylation sites is 1. The van der Waals surface area contributed by atoms with Crippen LogP contribution in [0.1, 0.15) is 38.1 Å². The summed E-state index contributed by atoms with van der Waals surface area (Å²) in [7, 11) is 0. The fraction of sp³-hybridized carbons (Fsp3) is 0.500. The Morgan fingerprint density at radius 2 is 1.83 bits per heavy atom. The molecule has 0 aliphatic carbocycles. The van der Waals surface area contributed by atoms with E-state index in [1.54, 1.807) is 39.0 Å². The number of nitrogens with two attached hydrogens (primary N) is 1. The van der Waals surface area contributed by atoms with Crippen molar-refractivity contribution < 1.29 is 19.1 Å². The molecule has 0 unspecified atom stereocenters. The summed E-state index contributed by atoms with van der Waals surface area (Å²) in [4.78, 5) is 23.7. The van der Waals surface area contributed by atoms with Gasteiger partial charge in [0.2, 0.25) is 0 Å². The van der Waals surface area contributed by atoms with E-state index in [9.17, 15) is 9.59 Å². The lowest BCUT2D eigenvalue weighted by Crippen LogP contribution is -2.38. The molecule has 0 aromatic heterocycles. The predicted octanol–water partition coefficient (Wildman–Crippen LogP) is 1.92. The lowest BCUT2D eigenvalue weighted by atomic mass is 10.1. The highest BCUT2D eigenvalue weighted by molar-refractivity contribution is 5.98. The van der Waals surface area contributed by atoms with Crippen molar-refractivity contribution in [1.29, 1.82) is 0 Å². The summed E-state index contributed by atoms with van der Waals surface area (Å²) in [6, 6.07) is 5.00. The first-order chi connectivity index (χ1) is 10.7. The maximum atomic E-state index is 12.2. The average Bonchev–Trinajstić information content (AvgIpc) is 2.44. The first-order valence-corrected chi connectivity index (χ1v) is 7.51. The Balaban J connectivity index is 2.49. The maximum Gasteiger partial charge on any atom is 0.407 e. The van der Waals surface area contributed by atoms with E-state index in [2.05, 4.69) is 10.6 Å². The number of nitrogens with one attached hydrogen (secondary N) is 2. The van der Waals surface area contributed by atoms with Gasteiger partial charge in [0.1, 0.15) is 5.60 Å². The monoisotopic (exact) mass is 323 g/mol. The Hall–Kier alpha value is -2.44. The van der Waals surface area contributed by atoms with Crippen LogP contribution in [-0.4, -0.2) is 37.3 Å². The molecule has 0 saturated heterocycles. The lowest BCUT2D eigenvalue weighted by Gasteiger charge is -2.19. The van der Waals surface area contributed by atoms with E-state index in [4.69, 9.17) is 15.2 Å². The van der Waals surface area contributed by atoms with Crippen molar-refractivity contribution in [1.82, 2.24) is 10.6 Å². The van der Waals surface area contributed by atoms with Gasteiger partial charge in [0.15, 0.2) is 5.75 Å². The number of carbonyl (C=O) groups is 2. The summed E-state index contributed by atoms with van der Waals surface area (Å²) in [5, 5.41) is 5.26. The highest BCUT2D eigenvalue weighted by Crippen LogP contribution is 2.26. The van der Waals surface area contributed by atoms with Crippen LogP contribution >= 0.6 is 0 Å². The number of hydrogen-bond acceptors (Lipinski definition) is 5. The number of benzene rings is 1. The third-order valence-corrected chi connectivity index (χ3v) is 2.66. The minimum atomic E-state index is -0.554. The second kappa shape index (κ2) is 8.26. The number of amides is 2. The SMILES string of the molecule is CCOc1c(N)cccc1C(=O)NCCNC(=O)OC(C)(C)C. The molecule has 0 bridgehead atoms. The Morgan fingerprint density at radius 3 is 2.43 bits per heavy atom. The van der Waals surface area contributed by atoms with Crippen LogP contribution < -0.4 is 21.1 Å². The molecule has 0 spiro atoms. The van der Waals surface area contributed by atoms with Gasteiger partial charge in [-0.2, -0.15) is 0 Å². The highest BCUT2D eigenvalue weighted by Gasteiger charge is 2.16. The van der Waals surface area contributed by atoms with Gasteiger partial charge in [0, 0.05) is 13.1 Å². The number of ether oxygens (including phenoxy) is 2. The zero-order chi connectivity index (χ0) is 17.5. The van der Waals surface area contributed by atoms with Gasteiger partial charge in [-0.3, -0.25) is 4.79 Å². The minimum Gasteiger partial charge on any atom is -0.491 e. The molecule has 1 rings (SSSR count). The fourth-order valence-corrected chi connectivity index (χ4v) is 1.79. The Kier molecular flexibility index (Phi) is 6.68. The van der Waals surface area contributed by atoms with E-state index in [1.165, 1.54) is 0 Å². The van der Waals surface area contributed by atoms with Gasteiger partial charge in [-0.1, -0.05) is 6.07 Å². The molecule has 0 aliphatic heterocycles. The number of anilines is 1. The van der Waals surface area contributed by atoms with Crippen LogP contribution in [0.5, 0.6) is 5.75 Å². The van der Waals surface area contributed by atoms with Gasteiger partial charge in [0.25, 0.3) is 5.91 Å². The van der Waals surface area contributed by atoms with Crippen molar-refractivity contribution >= 4 is 17.7 Å². The van der Waals surface area contributed by atoms with Crippen LogP contribution in [0.2, 0.25) is 0 Å². The van der Waals surface area contributed by atoms with Crippen LogP contribution in [-0.2, 0) is 4.74 Å². The second-order valence-electron chi connectivity index (χ2n) is 5.84. The van der Waals surface area contributed by atoms with E-state index in [1.807, 2.05) is 6.92 Å². The quantitative estimate of drug-likeness (QED) is 0.548. The predicted molar refractivity (Wildman–Crippen MR) is 88.6 cm³/mol. The van der Waals surface area contributed by atoms with Crippen molar-refractivity contribution in [3.8, 4) is 5.75 Å². The largest absolute Gasteiger partial charge is 0.491 e. The second-order valence-corrected chi connectivity index (χ2v) is 5.84. The first-order valence-electron chi connectivity index (χ1n) is 7.51. The summed E-state index contributed by atoms with van der Waals surface area (Å²) >= 11 is 0. The Bertz CT molecular complexity index is 553. The molecule has 7 heteroatoms. The Morgan fingerprint density at radius 1 is 1.17 bits per heavy atom. The standard InChI is InChI=1S/C16H25N3O4/c1-5-22-13-11(7-6-8-12(13)17)14(20)18-9-10-19-15(21)23-16(2,3)4/h6-8H,5,9-10,17H2,1-4H3,(H,18,20)(H,19,21). The fourth-order valence-electron chi connectivity index (χ4n) is 1.79. The summed E-state index contributed by atoms with van der Waals surface area (Å²) in [5.74, 6) is 0.0549. The van der Waals surface area contributed by atoms with Crippen LogP contribution in [0.4, 0.5) is 10.5 Å². The molecule has 0 atom stereocenters. The zero-order valence-corrected chi connectivity index (χ0v) is 14.1.